The molecule has 0 saturated carbocycles. The number of unbranched alkanes of at least 4 members (excludes halogenated alkanes) is 2. The first kappa shape index (κ1) is 33.7. The Bertz CT molecular complexity index is 1930. The lowest BCUT2D eigenvalue weighted by Crippen LogP contribution is -2.35. The van der Waals surface area contributed by atoms with Crippen LogP contribution in [0.3, 0.4) is 0 Å². The lowest BCUT2D eigenvalue weighted by Gasteiger charge is -2.24. The highest BCUT2D eigenvalue weighted by Crippen LogP contribution is 2.42. The molecule has 1 aliphatic heterocycles. The number of aryl methyl sites for hydroxylation is 2. The summed E-state index contributed by atoms with van der Waals surface area (Å²) in [4.78, 5) is 4.16. The van der Waals surface area contributed by atoms with Crippen molar-refractivity contribution >= 4 is 48.7 Å². The van der Waals surface area contributed by atoms with Gasteiger partial charge >= 0.3 is 0 Å². The van der Waals surface area contributed by atoms with Crippen molar-refractivity contribution in [1.82, 2.24) is 4.57 Å². The Morgan fingerprint density at radius 2 is 1.44 bits per heavy atom. The van der Waals surface area contributed by atoms with Crippen molar-refractivity contribution in [1.29, 1.82) is 10.5 Å². The number of hydrogen-bond acceptors (Lipinski definition) is 8. The van der Waals surface area contributed by atoms with E-state index in [4.69, 9.17) is 0 Å². The van der Waals surface area contributed by atoms with Crippen LogP contribution in [0, 0.1) is 22.7 Å². The first-order chi connectivity index (χ1) is 21.4. The van der Waals surface area contributed by atoms with Gasteiger partial charge in [0.2, 0.25) is 0 Å². The number of benzene rings is 2. The molecule has 0 bridgehead atoms. The predicted molar refractivity (Wildman–Crippen MR) is 172 cm³/mol. The zero-order valence-electron chi connectivity index (χ0n) is 25.3. The molecule has 12 nitrogen and oxygen atoms in total. The first-order valence-corrected chi connectivity index (χ1v) is 18.0. The fourth-order valence-corrected chi connectivity index (χ4v) is 6.82. The van der Waals surface area contributed by atoms with E-state index in [1.807, 2.05) is 65.8 Å². The molecule has 2 heterocycles. The lowest BCUT2D eigenvalue weighted by molar-refractivity contribution is -0.670. The van der Waals surface area contributed by atoms with Crippen molar-refractivity contribution in [3.63, 3.8) is 0 Å². The molecular weight excluding hydrogens is 617 g/mol. The number of aromatic nitrogens is 2. The normalized spacial score (nSPS) is 14.4. The Labute approximate surface area is 264 Å². The Balaban J connectivity index is 1.74. The largest absolute Gasteiger partial charge is 0.326 e. The number of nitriles is 2. The van der Waals surface area contributed by atoms with Gasteiger partial charge in [0.15, 0.2) is 11.0 Å². The zero-order valence-corrected chi connectivity index (χ0v) is 26.9. The fourth-order valence-electron chi connectivity index (χ4n) is 5.68. The Morgan fingerprint density at radius 1 is 0.822 bits per heavy atom. The minimum absolute atomic E-state index is 0.275. The average molecular weight is 654 g/mol. The van der Waals surface area contributed by atoms with Crippen LogP contribution >= 0.6 is 0 Å². The van der Waals surface area contributed by atoms with Crippen LogP contribution in [-0.2, 0) is 33.3 Å². The molecule has 2 aromatic carbocycles. The van der Waals surface area contributed by atoms with E-state index >= 15 is 0 Å². The van der Waals surface area contributed by atoms with Crippen LogP contribution in [0.2, 0.25) is 0 Å². The van der Waals surface area contributed by atoms with Gasteiger partial charge in [0, 0.05) is 25.2 Å². The van der Waals surface area contributed by atoms with Gasteiger partial charge < -0.3 is 9.80 Å². The maximum absolute atomic E-state index is 11.3. The van der Waals surface area contributed by atoms with Crippen LogP contribution < -0.4 is 14.4 Å². The molecule has 14 heteroatoms. The van der Waals surface area contributed by atoms with E-state index in [0.717, 1.165) is 34.1 Å². The number of rotatable bonds is 14. The molecule has 1 aliphatic rings. The van der Waals surface area contributed by atoms with Crippen LogP contribution in [-0.4, -0.2) is 55.1 Å². The molecule has 0 aliphatic carbocycles. The summed E-state index contributed by atoms with van der Waals surface area (Å²) in [6.07, 6.45) is 7.36. The maximum Gasteiger partial charge on any atom is 0.282 e. The van der Waals surface area contributed by atoms with Gasteiger partial charge in [-0.2, -0.15) is 27.4 Å². The summed E-state index contributed by atoms with van der Waals surface area (Å²) in [7, 11) is -8.14. The molecule has 1 aromatic heterocycles. The second kappa shape index (κ2) is 14.3. The second-order valence-corrected chi connectivity index (χ2v) is 13.8. The molecule has 0 amide bonds. The SMILES string of the molecule is CCN1/C(=C\C=C\c2n(CCCCS(=O)(=O)O)c3cc(C#N)ccc3[n+]2CC)N(CCCCS(=O)(=O)O)c2cc(C#N)ccc21. The number of allylic oxidation sites excluding steroid dienone is 2. The number of anilines is 2. The third-order valence-electron chi connectivity index (χ3n) is 7.67. The minimum atomic E-state index is -4.07. The van der Waals surface area contributed by atoms with E-state index in [9.17, 15) is 36.5 Å². The minimum Gasteiger partial charge on any atom is -0.326 e. The fraction of sp³-hybridized carbons (Fsp3) is 0.387. The molecule has 0 radical (unpaired) electrons. The summed E-state index contributed by atoms with van der Waals surface area (Å²) < 4.78 is 67.6. The quantitative estimate of drug-likeness (QED) is 0.146. The summed E-state index contributed by atoms with van der Waals surface area (Å²) in [6, 6.07) is 15.3. The Hall–Kier alpha value is -4.21. The van der Waals surface area contributed by atoms with Crippen LogP contribution in [0.15, 0.2) is 54.4 Å². The third kappa shape index (κ3) is 8.09. The molecule has 2 N–H and O–H groups in total. The maximum atomic E-state index is 11.3. The smallest absolute Gasteiger partial charge is 0.282 e. The van der Waals surface area contributed by atoms with E-state index in [-0.39, 0.29) is 24.3 Å². The van der Waals surface area contributed by atoms with Gasteiger partial charge in [0.25, 0.3) is 26.1 Å². The summed E-state index contributed by atoms with van der Waals surface area (Å²) in [5.74, 6) is 1.02. The highest BCUT2D eigenvalue weighted by molar-refractivity contribution is 7.86. The second-order valence-electron chi connectivity index (χ2n) is 10.7. The summed E-state index contributed by atoms with van der Waals surface area (Å²) in [6.45, 7) is 6.24. The summed E-state index contributed by atoms with van der Waals surface area (Å²) in [5, 5.41) is 19.1. The molecular formula is C31H37N6O6S2+. The van der Waals surface area contributed by atoms with E-state index in [1.165, 1.54) is 0 Å². The third-order valence-corrected chi connectivity index (χ3v) is 9.28. The summed E-state index contributed by atoms with van der Waals surface area (Å²) in [5.41, 5.74) is 4.52. The van der Waals surface area contributed by atoms with Crippen LogP contribution in [0.5, 0.6) is 0 Å². The van der Waals surface area contributed by atoms with E-state index in [1.54, 1.807) is 12.1 Å². The van der Waals surface area contributed by atoms with Crippen LogP contribution in [0.1, 0.15) is 56.5 Å². The lowest BCUT2D eigenvalue weighted by atomic mass is 10.1. The summed E-state index contributed by atoms with van der Waals surface area (Å²) >= 11 is 0. The predicted octanol–water partition coefficient (Wildman–Crippen LogP) is 4.23. The molecule has 0 unspecified atom stereocenters. The monoisotopic (exact) mass is 653 g/mol. The van der Waals surface area contributed by atoms with Crippen molar-refractivity contribution in [2.75, 3.05) is 34.4 Å². The van der Waals surface area contributed by atoms with Gasteiger partial charge in [-0.05, 0) is 75.9 Å². The van der Waals surface area contributed by atoms with E-state index in [0.29, 0.717) is 50.1 Å². The topological polar surface area (TPSA) is 172 Å². The number of hydrogen-bond donors (Lipinski definition) is 2. The van der Waals surface area contributed by atoms with Crippen molar-refractivity contribution < 1.29 is 30.5 Å². The van der Waals surface area contributed by atoms with Crippen molar-refractivity contribution in [3.8, 4) is 12.1 Å². The molecule has 45 heavy (non-hydrogen) atoms. The van der Waals surface area contributed by atoms with E-state index in [2.05, 4.69) is 21.6 Å². The average Bonchev–Trinajstić information content (AvgIpc) is 3.46. The van der Waals surface area contributed by atoms with Crippen LogP contribution in [0.4, 0.5) is 11.4 Å². The zero-order chi connectivity index (χ0) is 32.8. The molecule has 4 rings (SSSR count). The van der Waals surface area contributed by atoms with Crippen molar-refractivity contribution in [2.24, 2.45) is 0 Å². The molecule has 0 saturated heterocycles. The standard InChI is InChI=1S/C31H36N6O6S2/c1-3-34-26-14-12-24(22-32)20-28(26)36(16-5-7-18-44(38,39)40)30(34)10-9-11-31-35(4-2)27-15-13-25(23-33)21-29(27)37(31)17-6-8-19-45(41,42)43/h9-15,20-21H,3-8,16-19H2,1-2H3,(H-,38,39,40,41,42,43)/p+1. The van der Waals surface area contributed by atoms with Gasteiger partial charge in [-0.15, -0.1) is 0 Å². The molecule has 0 spiro atoms. The molecule has 238 valence electrons. The van der Waals surface area contributed by atoms with Crippen molar-refractivity contribution in [2.45, 2.75) is 52.6 Å². The molecule has 3 aromatic rings. The van der Waals surface area contributed by atoms with E-state index < -0.39 is 20.2 Å². The van der Waals surface area contributed by atoms with Gasteiger partial charge in [0.1, 0.15) is 5.82 Å². The highest BCUT2D eigenvalue weighted by atomic mass is 32.2. The Kier molecular flexibility index (Phi) is 10.7. The van der Waals surface area contributed by atoms with Crippen LogP contribution in [0.25, 0.3) is 17.1 Å². The Morgan fingerprint density at radius 3 is 2.04 bits per heavy atom. The number of imidazole rings is 1. The van der Waals surface area contributed by atoms with Gasteiger partial charge in [0.05, 0.1) is 59.2 Å². The molecule has 0 fully saturated rings. The molecule has 0 atom stereocenters. The van der Waals surface area contributed by atoms with Gasteiger partial charge in [-0.1, -0.05) is 6.08 Å². The first-order valence-electron chi connectivity index (χ1n) is 14.7. The van der Waals surface area contributed by atoms with Gasteiger partial charge in [-0.3, -0.25) is 9.11 Å². The number of nitrogens with zero attached hydrogens (tertiary/aromatic N) is 6. The van der Waals surface area contributed by atoms with Crippen molar-refractivity contribution in [3.05, 3.63) is 71.3 Å². The number of fused-ring (bicyclic) bond motifs is 2. The van der Waals surface area contributed by atoms with Gasteiger partial charge in [-0.25, -0.2) is 9.13 Å². The highest BCUT2D eigenvalue weighted by Gasteiger charge is 2.30.